The van der Waals surface area contributed by atoms with E-state index in [2.05, 4.69) is 5.32 Å². The van der Waals surface area contributed by atoms with E-state index in [1.54, 1.807) is 12.1 Å². The highest BCUT2D eigenvalue weighted by atomic mass is 32.1. The quantitative estimate of drug-likeness (QED) is 0.584. The van der Waals surface area contributed by atoms with Gasteiger partial charge in [0.25, 0.3) is 5.91 Å². The second-order valence-corrected chi connectivity index (χ2v) is 7.65. The molecular weight excluding hydrogens is 380 g/mol. The SMILES string of the molecule is COC(=O)c1c(NC(=O)c2cc3cccc(O)c3oc2=N)sc2c1CCCC2. The van der Waals surface area contributed by atoms with E-state index in [9.17, 15) is 14.7 Å². The maximum atomic E-state index is 12.8. The number of esters is 1. The molecule has 8 heteroatoms. The van der Waals surface area contributed by atoms with E-state index in [1.165, 1.54) is 30.6 Å². The molecule has 2 heterocycles. The number of fused-ring (bicyclic) bond motifs is 2. The van der Waals surface area contributed by atoms with Gasteiger partial charge in [-0.3, -0.25) is 10.2 Å². The van der Waals surface area contributed by atoms with Gasteiger partial charge < -0.3 is 19.6 Å². The summed E-state index contributed by atoms with van der Waals surface area (Å²) in [7, 11) is 1.32. The molecule has 0 bridgehead atoms. The Kier molecular flexibility index (Phi) is 4.64. The van der Waals surface area contributed by atoms with Crippen molar-refractivity contribution in [1.82, 2.24) is 0 Å². The van der Waals surface area contributed by atoms with Gasteiger partial charge in [0.1, 0.15) is 10.6 Å². The minimum atomic E-state index is -0.553. The lowest BCUT2D eigenvalue weighted by atomic mass is 9.95. The van der Waals surface area contributed by atoms with Gasteiger partial charge in [-0.15, -0.1) is 11.3 Å². The number of hydrogen-bond acceptors (Lipinski definition) is 7. The summed E-state index contributed by atoms with van der Waals surface area (Å²) >= 11 is 1.38. The monoisotopic (exact) mass is 398 g/mol. The van der Waals surface area contributed by atoms with Crippen molar-refractivity contribution in [2.24, 2.45) is 0 Å². The van der Waals surface area contributed by atoms with E-state index in [0.29, 0.717) is 16.0 Å². The first-order valence-electron chi connectivity index (χ1n) is 8.84. The van der Waals surface area contributed by atoms with Crippen molar-refractivity contribution < 1.29 is 23.8 Å². The number of hydrogen-bond donors (Lipinski definition) is 3. The van der Waals surface area contributed by atoms with Crippen LogP contribution in [0.15, 0.2) is 28.7 Å². The molecule has 0 saturated heterocycles. The standard InChI is InChI=1S/C20H18N2O5S/c1-26-20(25)15-11-6-2-3-8-14(11)28-19(15)22-18(24)12-9-10-5-4-7-13(23)16(10)27-17(12)21/h4-5,7,9,21,23H,2-3,6,8H2,1H3,(H,22,24). The van der Waals surface area contributed by atoms with Crippen LogP contribution >= 0.6 is 11.3 Å². The molecule has 4 rings (SSSR count). The van der Waals surface area contributed by atoms with Gasteiger partial charge in [0, 0.05) is 10.3 Å². The molecule has 28 heavy (non-hydrogen) atoms. The zero-order chi connectivity index (χ0) is 19.8. The van der Waals surface area contributed by atoms with E-state index in [0.717, 1.165) is 36.1 Å². The number of aryl methyl sites for hydroxylation is 1. The molecule has 7 nitrogen and oxygen atoms in total. The predicted molar refractivity (Wildman–Crippen MR) is 104 cm³/mol. The second kappa shape index (κ2) is 7.12. The van der Waals surface area contributed by atoms with E-state index < -0.39 is 11.9 Å². The van der Waals surface area contributed by atoms with Crippen LogP contribution in [-0.2, 0) is 17.6 Å². The fourth-order valence-corrected chi connectivity index (χ4v) is 4.73. The molecule has 2 aromatic heterocycles. The number of rotatable bonds is 3. The van der Waals surface area contributed by atoms with Crippen LogP contribution in [0.1, 0.15) is 44.0 Å². The Morgan fingerprint density at radius 3 is 2.86 bits per heavy atom. The summed E-state index contributed by atoms with van der Waals surface area (Å²) in [6.07, 6.45) is 3.69. The number of phenols is 1. The first-order valence-corrected chi connectivity index (χ1v) is 9.66. The number of nitrogens with one attached hydrogen (secondary N) is 2. The fraction of sp³-hybridized carbons (Fsp3) is 0.250. The Morgan fingerprint density at radius 1 is 1.29 bits per heavy atom. The van der Waals surface area contributed by atoms with E-state index in [1.807, 2.05) is 0 Å². The average molecular weight is 398 g/mol. The Labute approximate surface area is 164 Å². The van der Waals surface area contributed by atoms with Gasteiger partial charge in [0.15, 0.2) is 11.3 Å². The lowest BCUT2D eigenvalue weighted by molar-refractivity contribution is 0.0601. The molecule has 0 radical (unpaired) electrons. The third-order valence-corrected chi connectivity index (χ3v) is 6.01. The lowest BCUT2D eigenvalue weighted by Gasteiger charge is -2.11. The number of benzene rings is 1. The third-order valence-electron chi connectivity index (χ3n) is 4.81. The fourth-order valence-electron chi connectivity index (χ4n) is 3.46. The zero-order valence-corrected chi connectivity index (χ0v) is 15.9. The normalized spacial score (nSPS) is 13.2. The number of anilines is 1. The van der Waals surface area contributed by atoms with Gasteiger partial charge in [-0.25, -0.2) is 4.79 Å². The first-order chi connectivity index (χ1) is 13.5. The van der Waals surface area contributed by atoms with Crippen molar-refractivity contribution in [3.05, 3.63) is 51.4 Å². The lowest BCUT2D eigenvalue weighted by Crippen LogP contribution is -2.21. The van der Waals surface area contributed by atoms with Crippen LogP contribution in [0.4, 0.5) is 5.00 Å². The molecule has 0 saturated carbocycles. The molecule has 1 amide bonds. The van der Waals surface area contributed by atoms with Gasteiger partial charge in [-0.1, -0.05) is 12.1 Å². The molecule has 0 aliphatic heterocycles. The summed E-state index contributed by atoms with van der Waals surface area (Å²) in [4.78, 5) is 26.2. The van der Waals surface area contributed by atoms with Crippen LogP contribution in [0.3, 0.4) is 0 Å². The molecule has 1 aliphatic rings. The maximum Gasteiger partial charge on any atom is 0.341 e. The highest BCUT2D eigenvalue weighted by Gasteiger charge is 2.27. The molecule has 0 atom stereocenters. The smallest absolute Gasteiger partial charge is 0.341 e. The molecule has 3 aromatic rings. The Bertz CT molecular complexity index is 1160. The number of ether oxygens (including phenoxy) is 1. The van der Waals surface area contributed by atoms with Crippen LogP contribution in [0.5, 0.6) is 5.75 Å². The molecule has 0 spiro atoms. The summed E-state index contributed by atoms with van der Waals surface area (Å²) in [6, 6.07) is 6.24. The maximum absolute atomic E-state index is 12.8. The van der Waals surface area contributed by atoms with Crippen LogP contribution in [0.2, 0.25) is 0 Å². The molecular formula is C20H18N2O5S. The van der Waals surface area contributed by atoms with Crippen LogP contribution in [0, 0.1) is 5.41 Å². The zero-order valence-electron chi connectivity index (χ0n) is 15.1. The van der Waals surface area contributed by atoms with Crippen LogP contribution in [0.25, 0.3) is 11.0 Å². The van der Waals surface area contributed by atoms with Gasteiger partial charge in [-0.2, -0.15) is 0 Å². The van der Waals surface area contributed by atoms with Gasteiger partial charge >= 0.3 is 5.97 Å². The van der Waals surface area contributed by atoms with Crippen molar-refractivity contribution in [2.75, 3.05) is 12.4 Å². The Morgan fingerprint density at radius 2 is 2.07 bits per heavy atom. The van der Waals surface area contributed by atoms with Crippen LogP contribution in [-0.4, -0.2) is 24.1 Å². The molecule has 0 unspecified atom stereocenters. The first kappa shape index (κ1) is 18.2. The van der Waals surface area contributed by atoms with Gasteiger partial charge in [-0.05, 0) is 43.4 Å². The molecule has 0 fully saturated rings. The van der Waals surface area contributed by atoms with Crippen molar-refractivity contribution in [2.45, 2.75) is 25.7 Å². The number of thiophene rings is 1. The highest BCUT2D eigenvalue weighted by Crippen LogP contribution is 2.38. The summed E-state index contributed by atoms with van der Waals surface area (Å²) < 4.78 is 10.2. The minimum absolute atomic E-state index is 0.0142. The van der Waals surface area contributed by atoms with Crippen molar-refractivity contribution in [3.63, 3.8) is 0 Å². The van der Waals surface area contributed by atoms with Crippen molar-refractivity contribution in [1.29, 1.82) is 5.41 Å². The van der Waals surface area contributed by atoms with E-state index in [-0.39, 0.29) is 22.5 Å². The summed E-state index contributed by atoms with van der Waals surface area (Å²) in [5.74, 6) is -1.13. The molecule has 1 aromatic carbocycles. The largest absolute Gasteiger partial charge is 0.504 e. The van der Waals surface area contributed by atoms with Crippen LogP contribution < -0.4 is 10.9 Å². The summed E-state index contributed by atoms with van der Waals surface area (Å²) in [5, 5.41) is 21.6. The summed E-state index contributed by atoms with van der Waals surface area (Å²) in [5.41, 5.74) is 1.13. The number of phenolic OH excluding ortho intramolecular Hbond substituents is 1. The topological polar surface area (TPSA) is 113 Å². The number of methoxy groups -OCH3 is 1. The minimum Gasteiger partial charge on any atom is -0.504 e. The van der Waals surface area contributed by atoms with Crippen molar-refractivity contribution >= 4 is 39.2 Å². The van der Waals surface area contributed by atoms with Gasteiger partial charge in [0.2, 0.25) is 5.55 Å². The Hall–Kier alpha value is -3.13. The average Bonchev–Trinajstić information content (AvgIpc) is 3.05. The predicted octanol–water partition coefficient (Wildman–Crippen LogP) is 3.60. The van der Waals surface area contributed by atoms with E-state index >= 15 is 0 Å². The van der Waals surface area contributed by atoms with E-state index in [4.69, 9.17) is 14.6 Å². The second-order valence-electron chi connectivity index (χ2n) is 6.55. The summed E-state index contributed by atoms with van der Waals surface area (Å²) in [6.45, 7) is 0. The number of carbonyl (C=O) groups is 2. The Balaban J connectivity index is 1.74. The number of para-hydroxylation sites is 1. The third kappa shape index (κ3) is 3.05. The number of carbonyl (C=O) groups excluding carboxylic acids is 2. The molecule has 1 aliphatic carbocycles. The number of aromatic hydroxyl groups is 1. The molecule has 144 valence electrons. The number of amides is 1. The molecule has 3 N–H and O–H groups in total. The highest BCUT2D eigenvalue weighted by molar-refractivity contribution is 7.17. The van der Waals surface area contributed by atoms with Gasteiger partial charge in [0.05, 0.1) is 12.7 Å². The van der Waals surface area contributed by atoms with Crippen molar-refractivity contribution in [3.8, 4) is 5.75 Å².